The Balaban J connectivity index is 0. The molecule has 0 radical (unpaired) electrons. The fourth-order valence-electron chi connectivity index (χ4n) is 1.76. The van der Waals surface area contributed by atoms with Crippen molar-refractivity contribution in [3.05, 3.63) is 0 Å². The van der Waals surface area contributed by atoms with Gasteiger partial charge in [-0.05, 0) is 12.8 Å². The molecule has 0 rings (SSSR count). The SMILES string of the molecule is CCCCCCCCCCCCC(=O)[O-].[Fr+]. The predicted octanol–water partition coefficient (Wildman–Crippen LogP) is 3.05. The Morgan fingerprint density at radius 3 is 1.56 bits per heavy atom. The van der Waals surface area contributed by atoms with Crippen LogP contribution in [0.25, 0.3) is 0 Å². The number of hydrogen-bond donors (Lipinski definition) is 0. The van der Waals surface area contributed by atoms with Crippen molar-refractivity contribution in [1.82, 2.24) is 0 Å². The smallest absolute Gasteiger partial charge is 0.550 e. The van der Waals surface area contributed by atoms with Crippen molar-refractivity contribution in [2.24, 2.45) is 0 Å². The van der Waals surface area contributed by atoms with Gasteiger partial charge in [0, 0.05) is 5.97 Å². The molecule has 3 heteroatoms. The van der Waals surface area contributed by atoms with Crippen molar-refractivity contribution in [1.29, 1.82) is 0 Å². The molecule has 0 unspecified atom stereocenters. The third-order valence-electron chi connectivity index (χ3n) is 2.73. The fourth-order valence-corrected chi connectivity index (χ4v) is 1.76. The summed E-state index contributed by atoms with van der Waals surface area (Å²) in [6, 6.07) is 0. The molecule has 0 bridgehead atoms. The summed E-state index contributed by atoms with van der Waals surface area (Å²) < 4.78 is 0. The van der Waals surface area contributed by atoms with E-state index in [1.807, 2.05) is 0 Å². The maximum Gasteiger partial charge on any atom is 1.00 e. The van der Waals surface area contributed by atoms with Gasteiger partial charge in [0.1, 0.15) is 0 Å². The van der Waals surface area contributed by atoms with E-state index >= 15 is 0 Å². The zero-order valence-electron chi connectivity index (χ0n) is 11.1. The third kappa shape index (κ3) is 17.5. The van der Waals surface area contributed by atoms with E-state index in [1.165, 1.54) is 51.4 Å². The largest absolute Gasteiger partial charge is 1.00 e. The van der Waals surface area contributed by atoms with Crippen LogP contribution < -0.4 is 5.11 Å². The van der Waals surface area contributed by atoms with Gasteiger partial charge in [0.05, 0.1) is 0 Å². The second-order valence-corrected chi connectivity index (χ2v) is 4.30. The first-order valence-electron chi connectivity index (χ1n) is 6.47. The van der Waals surface area contributed by atoms with E-state index in [0.717, 1.165) is 12.8 Å². The van der Waals surface area contributed by atoms with Crippen LogP contribution in [0.15, 0.2) is 0 Å². The summed E-state index contributed by atoms with van der Waals surface area (Å²) in [4.78, 5) is 10.1. The molecule has 0 amide bonds. The molecule has 0 atom stereocenters. The first-order valence-corrected chi connectivity index (χ1v) is 6.47. The Bertz CT molecular complexity index is 149. The first kappa shape index (κ1) is 19.4. The average Bonchev–Trinajstić information content (AvgIpc) is 2.20. The second-order valence-electron chi connectivity index (χ2n) is 4.30. The molecule has 0 saturated heterocycles. The van der Waals surface area contributed by atoms with Gasteiger partial charge in [-0.2, -0.15) is 0 Å². The van der Waals surface area contributed by atoms with Gasteiger partial charge in [0.25, 0.3) is 0 Å². The number of carboxylic acid groups (broad SMARTS) is 1. The van der Waals surface area contributed by atoms with Crippen LogP contribution in [0.1, 0.15) is 77.6 Å². The van der Waals surface area contributed by atoms with Crippen LogP contribution in [0.5, 0.6) is 0 Å². The van der Waals surface area contributed by atoms with E-state index in [9.17, 15) is 9.90 Å². The Kier molecular flexibility index (Phi) is 19.5. The van der Waals surface area contributed by atoms with Crippen molar-refractivity contribution in [2.45, 2.75) is 77.6 Å². The van der Waals surface area contributed by atoms with Crippen molar-refractivity contribution >= 4 is 5.97 Å². The Hall–Kier alpha value is 1.07. The summed E-state index contributed by atoms with van der Waals surface area (Å²) in [7, 11) is 0. The Morgan fingerprint density at radius 2 is 1.19 bits per heavy atom. The molecule has 0 heterocycles. The van der Waals surface area contributed by atoms with Gasteiger partial charge in [-0.15, -0.1) is 0 Å². The summed E-state index contributed by atoms with van der Waals surface area (Å²) in [5, 5.41) is 10.1. The minimum Gasteiger partial charge on any atom is -0.550 e. The van der Waals surface area contributed by atoms with E-state index in [2.05, 4.69) is 6.92 Å². The molecule has 0 spiro atoms. The Morgan fingerprint density at radius 1 is 0.812 bits per heavy atom. The fraction of sp³-hybridized carbons (Fsp3) is 0.923. The molecule has 0 aliphatic carbocycles. The molecular weight excluding hydrogens is 411 g/mol. The molecule has 0 fully saturated rings. The zero-order valence-corrected chi connectivity index (χ0v) is 19.3. The summed E-state index contributed by atoms with van der Waals surface area (Å²) in [6.07, 6.45) is 12.6. The average molecular weight is 436 g/mol. The number of carboxylic acids is 1. The maximum atomic E-state index is 10.1. The van der Waals surface area contributed by atoms with Gasteiger partial charge in [0.2, 0.25) is 0 Å². The van der Waals surface area contributed by atoms with Gasteiger partial charge < -0.3 is 9.90 Å². The summed E-state index contributed by atoms with van der Waals surface area (Å²) in [5.74, 6) is -0.908. The number of carbonyl (C=O) groups is 1. The quantitative estimate of drug-likeness (QED) is 0.468. The van der Waals surface area contributed by atoms with Crippen molar-refractivity contribution in [2.75, 3.05) is 0 Å². The van der Waals surface area contributed by atoms with E-state index < -0.39 is 5.97 Å². The molecule has 0 aromatic carbocycles. The summed E-state index contributed by atoms with van der Waals surface area (Å²) in [5.41, 5.74) is 0. The molecule has 0 aromatic rings. The minimum absolute atomic E-state index is 0. The maximum absolute atomic E-state index is 10.1. The van der Waals surface area contributed by atoms with Crippen molar-refractivity contribution < 1.29 is 59.8 Å². The normalized spacial score (nSPS) is 9.81. The number of unbranched alkanes of at least 4 members (excludes halogenated alkanes) is 9. The molecule has 2 nitrogen and oxygen atoms in total. The standard InChI is InChI=1S/C13H26O2.Fr/c1-2-3-4-5-6-7-8-9-10-11-12-13(14)15;/h2-12H2,1H3,(H,14,15);/q;+1/p-1. The van der Waals surface area contributed by atoms with E-state index in [1.54, 1.807) is 0 Å². The van der Waals surface area contributed by atoms with Crippen LogP contribution >= 0.6 is 0 Å². The summed E-state index contributed by atoms with van der Waals surface area (Å²) >= 11 is 0. The molecule has 16 heavy (non-hydrogen) atoms. The van der Waals surface area contributed by atoms with E-state index in [-0.39, 0.29) is 56.3 Å². The van der Waals surface area contributed by atoms with Gasteiger partial charge in [-0.1, -0.05) is 64.7 Å². The molecule has 0 aromatic heterocycles. The zero-order chi connectivity index (χ0) is 11.4. The summed E-state index contributed by atoms with van der Waals surface area (Å²) in [6.45, 7) is 2.23. The monoisotopic (exact) mass is 436 g/mol. The topological polar surface area (TPSA) is 40.1 Å². The minimum atomic E-state index is -0.908. The van der Waals surface area contributed by atoms with Crippen LogP contribution in [-0.4, -0.2) is 5.97 Å². The number of hydrogen-bond acceptors (Lipinski definition) is 2. The van der Waals surface area contributed by atoms with Crippen LogP contribution in [0, 0.1) is 49.9 Å². The van der Waals surface area contributed by atoms with Crippen LogP contribution in [0.4, 0.5) is 0 Å². The van der Waals surface area contributed by atoms with Gasteiger partial charge >= 0.3 is 49.9 Å². The molecule has 0 aliphatic rings. The van der Waals surface area contributed by atoms with Crippen LogP contribution in [0.3, 0.4) is 0 Å². The van der Waals surface area contributed by atoms with Gasteiger partial charge in [-0.25, -0.2) is 0 Å². The van der Waals surface area contributed by atoms with Crippen LogP contribution in [-0.2, 0) is 4.79 Å². The number of rotatable bonds is 11. The predicted molar refractivity (Wildman–Crippen MR) is 61.5 cm³/mol. The molecule has 0 aliphatic heterocycles. The van der Waals surface area contributed by atoms with Crippen molar-refractivity contribution in [3.63, 3.8) is 0 Å². The molecular formula is C13H25FrO2. The second kappa shape index (κ2) is 16.1. The van der Waals surface area contributed by atoms with Crippen molar-refractivity contribution in [3.8, 4) is 0 Å². The first-order chi connectivity index (χ1) is 7.27. The third-order valence-corrected chi connectivity index (χ3v) is 2.73. The molecule has 90 valence electrons. The molecule has 0 saturated carbocycles. The number of carbonyl (C=O) groups excluding carboxylic acids is 1. The van der Waals surface area contributed by atoms with E-state index in [0.29, 0.717) is 0 Å². The van der Waals surface area contributed by atoms with E-state index in [4.69, 9.17) is 0 Å². The van der Waals surface area contributed by atoms with Gasteiger partial charge in [0.15, 0.2) is 0 Å². The number of aliphatic carboxylic acids is 1. The van der Waals surface area contributed by atoms with Crippen LogP contribution in [0.2, 0.25) is 0 Å². The molecule has 0 N–H and O–H groups in total. The van der Waals surface area contributed by atoms with Gasteiger partial charge in [-0.3, -0.25) is 0 Å². The Labute approximate surface area is 142 Å².